The maximum Gasteiger partial charge on any atom is 0.490 e. The van der Waals surface area contributed by atoms with Crippen LogP contribution in [-0.2, 0) is 33.8 Å². The fourth-order valence-electron chi connectivity index (χ4n) is 3.53. The molecule has 0 bridgehead atoms. The highest BCUT2D eigenvalue weighted by atomic mass is 19.4. The van der Waals surface area contributed by atoms with Crippen LogP contribution in [0, 0.1) is 5.95 Å². The fraction of sp³-hybridized carbons (Fsp3) is 0.500. The predicted molar refractivity (Wildman–Crippen MR) is 120 cm³/mol. The summed E-state index contributed by atoms with van der Waals surface area (Å²) in [6.07, 6.45) is -6.20. The third kappa shape index (κ3) is 10.1. The minimum atomic E-state index is -5.08. The van der Waals surface area contributed by atoms with Crippen molar-refractivity contribution in [3.05, 3.63) is 47.6 Å². The van der Waals surface area contributed by atoms with Gasteiger partial charge in [-0.1, -0.05) is 0 Å². The van der Waals surface area contributed by atoms with E-state index in [-0.39, 0.29) is 5.91 Å². The zero-order valence-corrected chi connectivity index (χ0v) is 20.6. The topological polar surface area (TPSA) is 138 Å². The molecule has 18 heteroatoms. The number of halogens is 7. The summed E-state index contributed by atoms with van der Waals surface area (Å²) in [5.74, 6) is -5.30. The van der Waals surface area contributed by atoms with E-state index >= 15 is 0 Å². The smallest absolute Gasteiger partial charge is 0.475 e. The van der Waals surface area contributed by atoms with Gasteiger partial charge in [0.05, 0.1) is 18.9 Å². The van der Waals surface area contributed by atoms with Crippen molar-refractivity contribution in [2.24, 2.45) is 0 Å². The third-order valence-electron chi connectivity index (χ3n) is 5.45. The number of rotatable bonds is 3. The molecule has 2 aromatic rings. The first-order valence-electron chi connectivity index (χ1n) is 11.4. The Morgan fingerprint density at radius 1 is 0.900 bits per heavy atom. The molecule has 1 amide bonds. The fourth-order valence-corrected chi connectivity index (χ4v) is 3.53. The Hall–Kier alpha value is -3.80. The molecule has 1 fully saturated rings. The maximum atomic E-state index is 13.3. The molecular formula is C22H24F7N5O6. The first-order valence-corrected chi connectivity index (χ1v) is 11.4. The van der Waals surface area contributed by atoms with Gasteiger partial charge in [-0.05, 0) is 6.07 Å². The number of ether oxygens (including phenoxy) is 1. The van der Waals surface area contributed by atoms with Crippen LogP contribution in [0.5, 0.6) is 0 Å². The van der Waals surface area contributed by atoms with Gasteiger partial charge >= 0.3 is 24.3 Å². The standard InChI is InChI=1S/C18H22FN5O2.2C2HF3O2/c19-16-11-14(1-3-20-16)18(25)23-4-2-17-21-12-15(24(17)6-5-23)13-22-7-9-26-10-8-22;2*3-2(4,5)1(6)7/h1,3,11-12H,2,4-10,13H2;2*(H,6,7). The number of amides is 1. The van der Waals surface area contributed by atoms with Gasteiger partial charge in [-0.3, -0.25) is 9.69 Å². The first kappa shape index (κ1) is 32.4. The molecule has 222 valence electrons. The normalized spacial score (nSPS) is 15.9. The summed E-state index contributed by atoms with van der Waals surface area (Å²) < 4.78 is 84.4. The molecule has 2 N–H and O–H groups in total. The number of hydrogen-bond donors (Lipinski definition) is 2. The van der Waals surface area contributed by atoms with Crippen LogP contribution in [0.25, 0.3) is 0 Å². The van der Waals surface area contributed by atoms with Crippen LogP contribution in [0.15, 0.2) is 24.5 Å². The molecule has 1 saturated heterocycles. The predicted octanol–water partition coefficient (Wildman–Crippen LogP) is 2.21. The molecule has 2 aliphatic rings. The number of morpholine rings is 1. The Labute approximate surface area is 221 Å². The Balaban J connectivity index is 0.000000333. The molecule has 0 unspecified atom stereocenters. The van der Waals surface area contributed by atoms with Gasteiger partial charge < -0.3 is 24.4 Å². The molecule has 0 radical (unpaired) electrons. The van der Waals surface area contributed by atoms with Gasteiger partial charge in [0.1, 0.15) is 5.82 Å². The minimum Gasteiger partial charge on any atom is -0.475 e. The number of imidazole rings is 1. The van der Waals surface area contributed by atoms with Crippen molar-refractivity contribution in [1.82, 2.24) is 24.3 Å². The molecule has 4 heterocycles. The summed E-state index contributed by atoms with van der Waals surface area (Å²) >= 11 is 0. The molecule has 0 aromatic carbocycles. The molecule has 0 atom stereocenters. The third-order valence-corrected chi connectivity index (χ3v) is 5.45. The van der Waals surface area contributed by atoms with Crippen LogP contribution < -0.4 is 0 Å². The Morgan fingerprint density at radius 2 is 1.48 bits per heavy atom. The molecule has 40 heavy (non-hydrogen) atoms. The second-order valence-corrected chi connectivity index (χ2v) is 8.22. The van der Waals surface area contributed by atoms with E-state index in [1.54, 1.807) is 11.0 Å². The number of aliphatic carboxylic acids is 2. The summed E-state index contributed by atoms with van der Waals surface area (Å²) in [4.78, 5) is 42.7. The van der Waals surface area contributed by atoms with Crippen LogP contribution in [0.1, 0.15) is 21.9 Å². The maximum absolute atomic E-state index is 13.3. The lowest BCUT2D eigenvalue weighted by atomic mass is 10.2. The van der Waals surface area contributed by atoms with Crippen molar-refractivity contribution in [1.29, 1.82) is 0 Å². The van der Waals surface area contributed by atoms with Gasteiger partial charge in [0.25, 0.3) is 5.91 Å². The van der Waals surface area contributed by atoms with Crippen molar-refractivity contribution in [2.75, 3.05) is 39.4 Å². The van der Waals surface area contributed by atoms with Crippen LogP contribution >= 0.6 is 0 Å². The average molecular weight is 587 g/mol. The number of carbonyl (C=O) groups excluding carboxylic acids is 1. The van der Waals surface area contributed by atoms with Crippen molar-refractivity contribution in [3.63, 3.8) is 0 Å². The molecular weight excluding hydrogens is 563 g/mol. The van der Waals surface area contributed by atoms with E-state index in [1.807, 2.05) is 6.20 Å². The largest absolute Gasteiger partial charge is 0.490 e. The Bertz CT molecular complexity index is 1140. The van der Waals surface area contributed by atoms with E-state index in [0.717, 1.165) is 38.7 Å². The molecule has 2 aliphatic heterocycles. The average Bonchev–Trinajstić information content (AvgIpc) is 3.11. The number of hydrogen-bond acceptors (Lipinski definition) is 7. The SMILES string of the molecule is O=C(O)C(F)(F)F.O=C(O)C(F)(F)F.O=C(c1ccnc(F)c1)N1CCc2ncc(CN3CCOCC3)n2CC1. The summed E-state index contributed by atoms with van der Waals surface area (Å²) in [5.41, 5.74) is 1.51. The first-order chi connectivity index (χ1) is 18.6. The van der Waals surface area contributed by atoms with Gasteiger partial charge in [-0.15, -0.1) is 0 Å². The second-order valence-electron chi connectivity index (χ2n) is 8.22. The zero-order valence-electron chi connectivity index (χ0n) is 20.6. The van der Waals surface area contributed by atoms with Gasteiger partial charge in [0.2, 0.25) is 5.95 Å². The number of pyridine rings is 1. The number of alkyl halides is 6. The van der Waals surface area contributed by atoms with E-state index in [4.69, 9.17) is 24.5 Å². The second kappa shape index (κ2) is 14.0. The number of aromatic nitrogens is 3. The van der Waals surface area contributed by atoms with E-state index in [9.17, 15) is 35.5 Å². The summed E-state index contributed by atoms with van der Waals surface area (Å²) in [6, 6.07) is 2.74. The lowest BCUT2D eigenvalue weighted by molar-refractivity contribution is -0.193. The highest BCUT2D eigenvalue weighted by molar-refractivity contribution is 5.94. The molecule has 0 aliphatic carbocycles. The monoisotopic (exact) mass is 587 g/mol. The summed E-state index contributed by atoms with van der Waals surface area (Å²) in [6.45, 7) is 6.11. The van der Waals surface area contributed by atoms with Crippen molar-refractivity contribution in [2.45, 2.75) is 31.9 Å². The highest BCUT2D eigenvalue weighted by Gasteiger charge is 2.38. The van der Waals surface area contributed by atoms with E-state index < -0.39 is 30.2 Å². The van der Waals surface area contributed by atoms with Crippen molar-refractivity contribution < 1.29 is 60.1 Å². The Morgan fingerprint density at radius 3 is 2.00 bits per heavy atom. The van der Waals surface area contributed by atoms with E-state index in [2.05, 4.69) is 19.4 Å². The molecule has 4 rings (SSSR count). The zero-order chi connectivity index (χ0) is 30.1. The van der Waals surface area contributed by atoms with Gasteiger partial charge in [-0.25, -0.2) is 19.6 Å². The van der Waals surface area contributed by atoms with Crippen molar-refractivity contribution in [3.8, 4) is 0 Å². The van der Waals surface area contributed by atoms with Crippen LogP contribution in [-0.4, -0.2) is 104 Å². The minimum absolute atomic E-state index is 0.160. The summed E-state index contributed by atoms with van der Waals surface area (Å²) in [7, 11) is 0. The van der Waals surface area contributed by atoms with E-state index in [0.29, 0.717) is 31.6 Å². The quantitative estimate of drug-likeness (QED) is 0.409. The van der Waals surface area contributed by atoms with Gasteiger partial charge in [0, 0.05) is 69.7 Å². The van der Waals surface area contributed by atoms with Crippen molar-refractivity contribution >= 4 is 17.8 Å². The van der Waals surface area contributed by atoms with Gasteiger partial charge in [0.15, 0.2) is 0 Å². The number of nitrogens with zero attached hydrogens (tertiary/aromatic N) is 5. The number of carbonyl (C=O) groups is 3. The van der Waals surface area contributed by atoms with Crippen LogP contribution in [0.3, 0.4) is 0 Å². The number of fused-ring (bicyclic) bond motifs is 1. The molecule has 0 spiro atoms. The number of carboxylic acid groups (broad SMARTS) is 2. The van der Waals surface area contributed by atoms with Crippen LogP contribution in [0.4, 0.5) is 30.7 Å². The van der Waals surface area contributed by atoms with Crippen LogP contribution in [0.2, 0.25) is 0 Å². The summed E-state index contributed by atoms with van der Waals surface area (Å²) in [5, 5.41) is 14.2. The highest BCUT2D eigenvalue weighted by Crippen LogP contribution is 2.17. The molecule has 2 aromatic heterocycles. The molecule has 11 nitrogen and oxygen atoms in total. The van der Waals surface area contributed by atoms with E-state index in [1.165, 1.54) is 18.0 Å². The number of carboxylic acids is 2. The lowest BCUT2D eigenvalue weighted by Gasteiger charge is -2.27. The van der Waals surface area contributed by atoms with Gasteiger partial charge in [-0.2, -0.15) is 30.7 Å². The Kier molecular flexibility index (Phi) is 11.4. The lowest BCUT2D eigenvalue weighted by Crippen LogP contribution is -2.36. The molecule has 0 saturated carbocycles.